The van der Waals surface area contributed by atoms with Crippen molar-refractivity contribution in [3.63, 3.8) is 0 Å². The molecule has 30 heavy (non-hydrogen) atoms. The summed E-state index contributed by atoms with van der Waals surface area (Å²) in [6.07, 6.45) is -0.515. The lowest BCUT2D eigenvalue weighted by molar-refractivity contribution is -0.138. The number of carbonyl (C=O) groups is 1. The van der Waals surface area contributed by atoms with Crippen molar-refractivity contribution in [2.45, 2.75) is 25.4 Å². The fraction of sp³-hybridized carbons (Fsp3) is 0.476. The summed E-state index contributed by atoms with van der Waals surface area (Å²) in [5.41, 5.74) is -0.349. The summed E-state index contributed by atoms with van der Waals surface area (Å²) in [6.45, 7) is 4.31. The molecule has 2 aliphatic rings. The Kier molecular flexibility index (Phi) is 5.78. The molecule has 6 nitrogen and oxygen atoms in total. The molecule has 3 heterocycles. The lowest BCUT2D eigenvalue weighted by Crippen LogP contribution is -2.49. The summed E-state index contributed by atoms with van der Waals surface area (Å²) in [5, 5.41) is 0. The molecule has 0 spiro atoms. The fourth-order valence-corrected chi connectivity index (χ4v) is 3.96. The molecule has 0 N–H and O–H groups in total. The highest BCUT2D eigenvalue weighted by atomic mass is 19.4. The quantitative estimate of drug-likeness (QED) is 0.763. The van der Waals surface area contributed by atoms with Crippen LogP contribution in [0.4, 0.5) is 24.8 Å². The zero-order valence-corrected chi connectivity index (χ0v) is 16.6. The number of nitrogens with zero attached hydrogens (tertiary/aromatic N) is 5. The summed E-state index contributed by atoms with van der Waals surface area (Å²) in [5.74, 6) is 1.62. The highest BCUT2D eigenvalue weighted by Gasteiger charge is 2.31. The van der Waals surface area contributed by atoms with Gasteiger partial charge in [0.1, 0.15) is 18.0 Å². The molecule has 2 saturated heterocycles. The molecule has 4 rings (SSSR count). The van der Waals surface area contributed by atoms with Crippen LogP contribution in [-0.2, 0) is 17.4 Å². The van der Waals surface area contributed by atoms with Gasteiger partial charge in [-0.2, -0.15) is 13.2 Å². The number of aromatic nitrogens is 2. The van der Waals surface area contributed by atoms with Crippen LogP contribution in [-0.4, -0.2) is 60.0 Å². The molecule has 1 aromatic carbocycles. The van der Waals surface area contributed by atoms with Crippen LogP contribution in [0.25, 0.3) is 0 Å². The van der Waals surface area contributed by atoms with Gasteiger partial charge in [0.15, 0.2) is 0 Å². The molecular formula is C21H24F3N5O. The van der Waals surface area contributed by atoms with Crippen molar-refractivity contribution >= 4 is 17.5 Å². The molecule has 0 radical (unpaired) electrons. The second-order valence-corrected chi connectivity index (χ2v) is 7.67. The van der Waals surface area contributed by atoms with E-state index in [9.17, 15) is 18.0 Å². The summed E-state index contributed by atoms with van der Waals surface area (Å²) < 4.78 is 38.6. The molecule has 2 aliphatic heterocycles. The van der Waals surface area contributed by atoms with Crippen LogP contribution >= 0.6 is 0 Å². The minimum absolute atomic E-state index is 0.0312. The molecule has 1 aromatic heterocycles. The highest BCUT2D eigenvalue weighted by Crippen LogP contribution is 2.29. The van der Waals surface area contributed by atoms with Crippen molar-refractivity contribution < 1.29 is 18.0 Å². The van der Waals surface area contributed by atoms with Gasteiger partial charge in [-0.25, -0.2) is 9.97 Å². The second kappa shape index (κ2) is 8.49. The Labute approximate surface area is 173 Å². The van der Waals surface area contributed by atoms with E-state index in [1.807, 2.05) is 6.07 Å². The molecule has 1 amide bonds. The third-order valence-electron chi connectivity index (χ3n) is 5.63. The van der Waals surface area contributed by atoms with E-state index in [1.165, 1.54) is 18.9 Å². The van der Waals surface area contributed by atoms with E-state index < -0.39 is 11.7 Å². The highest BCUT2D eigenvalue weighted by molar-refractivity contribution is 5.79. The van der Waals surface area contributed by atoms with Gasteiger partial charge >= 0.3 is 6.18 Å². The molecular weight excluding hydrogens is 395 g/mol. The third kappa shape index (κ3) is 4.66. The fourth-order valence-electron chi connectivity index (χ4n) is 3.96. The van der Waals surface area contributed by atoms with Crippen molar-refractivity contribution in [3.8, 4) is 0 Å². The van der Waals surface area contributed by atoms with Crippen LogP contribution in [0.2, 0.25) is 0 Å². The number of hydrogen-bond donors (Lipinski definition) is 0. The Morgan fingerprint density at radius 1 is 0.900 bits per heavy atom. The van der Waals surface area contributed by atoms with Crippen molar-refractivity contribution in [1.82, 2.24) is 14.9 Å². The average molecular weight is 419 g/mol. The van der Waals surface area contributed by atoms with Crippen molar-refractivity contribution in [2.75, 3.05) is 49.1 Å². The number of rotatable bonds is 4. The van der Waals surface area contributed by atoms with Gasteiger partial charge in [0.05, 0.1) is 12.0 Å². The maximum atomic E-state index is 12.9. The molecule has 0 saturated carbocycles. The number of benzene rings is 1. The van der Waals surface area contributed by atoms with Gasteiger partial charge in [0.2, 0.25) is 5.91 Å². The largest absolute Gasteiger partial charge is 0.416 e. The summed E-state index contributed by atoms with van der Waals surface area (Å²) in [6, 6.07) is 6.96. The van der Waals surface area contributed by atoms with E-state index in [2.05, 4.69) is 19.8 Å². The Morgan fingerprint density at radius 3 is 2.17 bits per heavy atom. The number of alkyl halides is 3. The minimum Gasteiger partial charge on any atom is -0.356 e. The van der Waals surface area contributed by atoms with Crippen LogP contribution in [0.15, 0.2) is 36.7 Å². The molecule has 2 aromatic rings. The molecule has 0 bridgehead atoms. The normalized spacial score (nSPS) is 17.5. The zero-order valence-electron chi connectivity index (χ0n) is 16.6. The average Bonchev–Trinajstić information content (AvgIpc) is 3.29. The third-order valence-corrected chi connectivity index (χ3v) is 5.63. The predicted octanol–water partition coefficient (Wildman–Crippen LogP) is 2.99. The maximum Gasteiger partial charge on any atom is 0.416 e. The molecule has 9 heteroatoms. The van der Waals surface area contributed by atoms with Gasteiger partial charge in [0.25, 0.3) is 0 Å². The van der Waals surface area contributed by atoms with Gasteiger partial charge < -0.3 is 14.7 Å². The smallest absolute Gasteiger partial charge is 0.356 e. The van der Waals surface area contributed by atoms with Gasteiger partial charge in [0, 0.05) is 45.3 Å². The number of amides is 1. The first-order chi connectivity index (χ1) is 14.4. The Bertz CT molecular complexity index is 890. The maximum absolute atomic E-state index is 12.9. The van der Waals surface area contributed by atoms with Gasteiger partial charge in [-0.1, -0.05) is 18.2 Å². The zero-order chi connectivity index (χ0) is 21.1. The van der Waals surface area contributed by atoms with Crippen molar-refractivity contribution in [3.05, 3.63) is 47.8 Å². The Morgan fingerprint density at radius 2 is 1.53 bits per heavy atom. The van der Waals surface area contributed by atoms with Gasteiger partial charge in [-0.05, 0) is 24.5 Å². The van der Waals surface area contributed by atoms with Crippen LogP contribution in [0, 0.1) is 0 Å². The molecule has 0 unspecified atom stereocenters. The summed E-state index contributed by atoms with van der Waals surface area (Å²) in [7, 11) is 0. The SMILES string of the molecule is O=C(Cc1cccc(C(F)(F)F)c1)N1CCN(c2cc(N3CCCC3)ncn2)CC1. The monoisotopic (exact) mass is 419 g/mol. The lowest BCUT2D eigenvalue weighted by Gasteiger charge is -2.35. The van der Waals surface area contributed by atoms with Gasteiger partial charge in [-0.15, -0.1) is 0 Å². The Hall–Kier alpha value is -2.84. The van der Waals surface area contributed by atoms with E-state index in [1.54, 1.807) is 17.3 Å². The van der Waals surface area contributed by atoms with Gasteiger partial charge in [-0.3, -0.25) is 4.79 Å². The van der Waals surface area contributed by atoms with E-state index in [0.29, 0.717) is 31.7 Å². The summed E-state index contributed by atoms with van der Waals surface area (Å²) >= 11 is 0. The van der Waals surface area contributed by atoms with Crippen LogP contribution in [0.3, 0.4) is 0 Å². The molecule has 160 valence electrons. The predicted molar refractivity (Wildman–Crippen MR) is 107 cm³/mol. The second-order valence-electron chi connectivity index (χ2n) is 7.67. The first-order valence-electron chi connectivity index (χ1n) is 10.2. The van der Waals surface area contributed by atoms with Crippen LogP contribution < -0.4 is 9.80 Å². The van der Waals surface area contributed by atoms with E-state index in [-0.39, 0.29) is 12.3 Å². The standard InChI is InChI=1S/C21H24F3N5O/c22-21(23,24)17-5-3-4-16(12-17)13-20(30)29-10-8-28(9-11-29)19-14-18(25-15-26-19)27-6-1-2-7-27/h3-5,12,14-15H,1-2,6-11,13H2. The number of piperazine rings is 1. The van der Waals surface area contributed by atoms with Crippen LogP contribution in [0.5, 0.6) is 0 Å². The molecule has 0 aliphatic carbocycles. The lowest BCUT2D eigenvalue weighted by atomic mass is 10.1. The molecule has 0 atom stereocenters. The van der Waals surface area contributed by atoms with E-state index in [0.717, 1.165) is 36.9 Å². The van der Waals surface area contributed by atoms with E-state index >= 15 is 0 Å². The van der Waals surface area contributed by atoms with E-state index in [4.69, 9.17) is 0 Å². The summed E-state index contributed by atoms with van der Waals surface area (Å²) in [4.78, 5) is 27.4. The minimum atomic E-state index is -4.41. The Balaban J connectivity index is 1.34. The molecule has 2 fully saturated rings. The number of anilines is 2. The topological polar surface area (TPSA) is 52.6 Å². The number of hydrogen-bond acceptors (Lipinski definition) is 5. The number of halogens is 3. The van der Waals surface area contributed by atoms with Crippen molar-refractivity contribution in [1.29, 1.82) is 0 Å². The first-order valence-corrected chi connectivity index (χ1v) is 10.2. The van der Waals surface area contributed by atoms with Crippen LogP contribution in [0.1, 0.15) is 24.0 Å². The van der Waals surface area contributed by atoms with Crippen molar-refractivity contribution in [2.24, 2.45) is 0 Å². The number of carbonyl (C=O) groups excluding carboxylic acids is 1. The first kappa shape index (κ1) is 20.4.